The molecule has 0 N–H and O–H groups in total. The number of hydrogen-bond donors (Lipinski definition) is 0. The molecule has 90 valence electrons. The third-order valence-corrected chi connectivity index (χ3v) is 2.50. The summed E-state index contributed by atoms with van der Waals surface area (Å²) in [5, 5.41) is 3.85. The van der Waals surface area contributed by atoms with Gasteiger partial charge >= 0.3 is 0 Å². The molecule has 0 radical (unpaired) electrons. The second kappa shape index (κ2) is 4.53. The molecule has 2 rings (SSSR count). The molecular formula is C12H15N3O2. The molecule has 0 unspecified atom stereocenters. The fourth-order valence-corrected chi connectivity index (χ4v) is 1.54. The number of aryl methyl sites for hydroxylation is 1. The highest BCUT2D eigenvalue weighted by atomic mass is 16.5. The first-order valence-electron chi connectivity index (χ1n) is 5.55. The normalized spacial score (nSPS) is 11.1. The molecule has 0 aromatic carbocycles. The number of hydrogen-bond acceptors (Lipinski definition) is 4. The Kier molecular flexibility index (Phi) is 3.08. The summed E-state index contributed by atoms with van der Waals surface area (Å²) in [6.45, 7) is 6.22. The van der Waals surface area contributed by atoms with E-state index in [2.05, 4.69) is 10.1 Å². The molecular weight excluding hydrogens is 218 g/mol. The topological polar surface area (TPSA) is 60.9 Å². The quantitative estimate of drug-likeness (QED) is 0.809. The van der Waals surface area contributed by atoms with Crippen LogP contribution in [-0.2, 0) is 6.54 Å². The van der Waals surface area contributed by atoms with Crippen LogP contribution in [0.3, 0.4) is 0 Å². The van der Waals surface area contributed by atoms with Crippen LogP contribution in [0.25, 0.3) is 0 Å². The molecule has 2 aromatic rings. The standard InChI is InChI=1S/C12H15N3O2/c1-8(2)11-5-12(16)15(7-13-11)6-10-4-9(3)17-14-10/h4-5,7-8H,6H2,1-3H3. The first-order chi connectivity index (χ1) is 8.06. The van der Waals surface area contributed by atoms with E-state index in [4.69, 9.17) is 4.52 Å². The third kappa shape index (κ3) is 2.61. The van der Waals surface area contributed by atoms with Gasteiger partial charge in [0.15, 0.2) is 0 Å². The van der Waals surface area contributed by atoms with Gasteiger partial charge in [0.1, 0.15) is 11.5 Å². The molecule has 0 aliphatic heterocycles. The summed E-state index contributed by atoms with van der Waals surface area (Å²) < 4.78 is 6.47. The smallest absolute Gasteiger partial charge is 0.253 e. The van der Waals surface area contributed by atoms with Gasteiger partial charge in [0, 0.05) is 12.1 Å². The Balaban J connectivity index is 2.25. The Morgan fingerprint density at radius 3 is 2.71 bits per heavy atom. The Bertz CT molecular complexity index is 569. The maximum Gasteiger partial charge on any atom is 0.253 e. The molecule has 0 atom stereocenters. The monoisotopic (exact) mass is 233 g/mol. The Hall–Kier alpha value is -1.91. The summed E-state index contributed by atoms with van der Waals surface area (Å²) >= 11 is 0. The molecule has 0 spiro atoms. The molecule has 5 heteroatoms. The predicted molar refractivity (Wildman–Crippen MR) is 62.9 cm³/mol. The molecule has 5 nitrogen and oxygen atoms in total. The van der Waals surface area contributed by atoms with Gasteiger partial charge in [0.25, 0.3) is 5.56 Å². The van der Waals surface area contributed by atoms with Gasteiger partial charge in [-0.25, -0.2) is 4.98 Å². The Labute approximate surface area is 99.1 Å². The van der Waals surface area contributed by atoms with E-state index in [-0.39, 0.29) is 11.5 Å². The van der Waals surface area contributed by atoms with Gasteiger partial charge in [-0.1, -0.05) is 19.0 Å². The van der Waals surface area contributed by atoms with E-state index >= 15 is 0 Å². The van der Waals surface area contributed by atoms with Crippen LogP contribution in [0, 0.1) is 6.92 Å². The minimum Gasteiger partial charge on any atom is -0.361 e. The maximum absolute atomic E-state index is 11.8. The van der Waals surface area contributed by atoms with E-state index in [9.17, 15) is 4.79 Å². The highest BCUT2D eigenvalue weighted by Crippen LogP contribution is 2.08. The van der Waals surface area contributed by atoms with E-state index in [1.54, 1.807) is 12.4 Å². The average molecular weight is 233 g/mol. The van der Waals surface area contributed by atoms with Crippen LogP contribution in [0.15, 0.2) is 27.8 Å². The lowest BCUT2D eigenvalue weighted by Gasteiger charge is -2.06. The van der Waals surface area contributed by atoms with Crippen molar-refractivity contribution in [1.82, 2.24) is 14.7 Å². The second-order valence-electron chi connectivity index (χ2n) is 4.36. The van der Waals surface area contributed by atoms with Gasteiger partial charge < -0.3 is 4.52 Å². The zero-order chi connectivity index (χ0) is 12.4. The predicted octanol–water partition coefficient (Wildman–Crippen LogP) is 1.71. The van der Waals surface area contributed by atoms with Gasteiger partial charge in [-0.3, -0.25) is 9.36 Å². The third-order valence-electron chi connectivity index (χ3n) is 2.50. The summed E-state index contributed by atoms with van der Waals surface area (Å²) in [7, 11) is 0. The lowest BCUT2D eigenvalue weighted by atomic mass is 10.1. The molecule has 2 aromatic heterocycles. The zero-order valence-electron chi connectivity index (χ0n) is 10.2. The van der Waals surface area contributed by atoms with E-state index in [1.165, 1.54) is 4.57 Å². The maximum atomic E-state index is 11.8. The first-order valence-corrected chi connectivity index (χ1v) is 5.55. The average Bonchev–Trinajstić information content (AvgIpc) is 2.67. The summed E-state index contributed by atoms with van der Waals surface area (Å²) in [4.78, 5) is 16.1. The van der Waals surface area contributed by atoms with Crippen LogP contribution in [0.5, 0.6) is 0 Å². The van der Waals surface area contributed by atoms with Crippen LogP contribution in [0.4, 0.5) is 0 Å². The van der Waals surface area contributed by atoms with Crippen LogP contribution < -0.4 is 5.56 Å². The van der Waals surface area contributed by atoms with Crippen LogP contribution >= 0.6 is 0 Å². The molecule has 0 amide bonds. The van der Waals surface area contributed by atoms with Crippen molar-refractivity contribution >= 4 is 0 Å². The first kappa shape index (κ1) is 11.6. The molecule has 0 bridgehead atoms. The minimum atomic E-state index is -0.0654. The van der Waals surface area contributed by atoms with E-state index in [0.29, 0.717) is 6.54 Å². The van der Waals surface area contributed by atoms with Crippen molar-refractivity contribution in [2.24, 2.45) is 0 Å². The van der Waals surface area contributed by atoms with Crippen LogP contribution in [0.2, 0.25) is 0 Å². The molecule has 17 heavy (non-hydrogen) atoms. The van der Waals surface area contributed by atoms with Crippen molar-refractivity contribution in [3.05, 3.63) is 46.0 Å². The molecule has 0 aliphatic rings. The molecule has 0 saturated carbocycles. The van der Waals surface area contributed by atoms with Crippen molar-refractivity contribution in [3.8, 4) is 0 Å². The van der Waals surface area contributed by atoms with E-state index in [1.807, 2.05) is 26.8 Å². The van der Waals surface area contributed by atoms with Gasteiger partial charge in [0.2, 0.25) is 0 Å². The van der Waals surface area contributed by atoms with Gasteiger partial charge in [-0.2, -0.15) is 0 Å². The lowest BCUT2D eigenvalue weighted by Crippen LogP contribution is -2.21. The van der Waals surface area contributed by atoms with Crippen molar-refractivity contribution in [2.75, 3.05) is 0 Å². The van der Waals surface area contributed by atoms with Crippen molar-refractivity contribution in [3.63, 3.8) is 0 Å². The van der Waals surface area contributed by atoms with Crippen LogP contribution in [-0.4, -0.2) is 14.7 Å². The number of nitrogens with zero attached hydrogens (tertiary/aromatic N) is 3. The van der Waals surface area contributed by atoms with Gasteiger partial charge in [-0.05, 0) is 12.8 Å². The molecule has 2 heterocycles. The van der Waals surface area contributed by atoms with E-state index < -0.39 is 0 Å². The van der Waals surface area contributed by atoms with Crippen LogP contribution in [0.1, 0.15) is 36.9 Å². The Morgan fingerprint density at radius 1 is 1.41 bits per heavy atom. The fourth-order valence-electron chi connectivity index (χ4n) is 1.54. The van der Waals surface area contributed by atoms with Crippen molar-refractivity contribution in [1.29, 1.82) is 0 Å². The zero-order valence-corrected chi connectivity index (χ0v) is 10.2. The molecule has 0 fully saturated rings. The summed E-state index contributed by atoms with van der Waals surface area (Å²) in [5.41, 5.74) is 1.47. The highest BCUT2D eigenvalue weighted by Gasteiger charge is 2.06. The molecule has 0 saturated heterocycles. The minimum absolute atomic E-state index is 0.0654. The number of rotatable bonds is 3. The second-order valence-corrected chi connectivity index (χ2v) is 4.36. The van der Waals surface area contributed by atoms with Gasteiger partial charge in [-0.15, -0.1) is 0 Å². The highest BCUT2D eigenvalue weighted by molar-refractivity contribution is 5.07. The summed E-state index contributed by atoms with van der Waals surface area (Å²) in [5.74, 6) is 0.992. The lowest BCUT2D eigenvalue weighted by molar-refractivity contribution is 0.388. The van der Waals surface area contributed by atoms with Gasteiger partial charge in [0.05, 0.1) is 18.6 Å². The van der Waals surface area contributed by atoms with Crippen molar-refractivity contribution in [2.45, 2.75) is 33.2 Å². The Morgan fingerprint density at radius 2 is 2.18 bits per heavy atom. The fraction of sp³-hybridized carbons (Fsp3) is 0.417. The SMILES string of the molecule is Cc1cc(Cn2cnc(C(C)C)cc2=O)no1. The van der Waals surface area contributed by atoms with E-state index in [0.717, 1.165) is 17.1 Å². The molecule has 0 aliphatic carbocycles. The number of aromatic nitrogens is 3. The van der Waals surface area contributed by atoms with Crippen molar-refractivity contribution < 1.29 is 4.52 Å². The summed E-state index contributed by atoms with van der Waals surface area (Å²) in [6.07, 6.45) is 1.56. The largest absolute Gasteiger partial charge is 0.361 e. The summed E-state index contributed by atoms with van der Waals surface area (Å²) in [6, 6.07) is 3.38.